The molecule has 1 aromatic carbocycles. The molecule has 1 aromatic heterocycles. The average Bonchev–Trinajstić information content (AvgIpc) is 2.89. The van der Waals surface area contributed by atoms with E-state index in [0.717, 1.165) is 25.2 Å². The van der Waals surface area contributed by atoms with Crippen molar-refractivity contribution < 1.29 is 9.13 Å². The first kappa shape index (κ1) is 14.6. The zero-order valence-corrected chi connectivity index (χ0v) is 12.0. The maximum absolute atomic E-state index is 14.0. The van der Waals surface area contributed by atoms with E-state index in [2.05, 4.69) is 22.9 Å². The van der Waals surface area contributed by atoms with Gasteiger partial charge in [0.1, 0.15) is 11.6 Å². The SMILES string of the molecule is CCCNCc1cccn1Cc1ccc(OC)cc1F. The molecule has 1 N–H and O–H groups in total. The third-order valence-corrected chi connectivity index (χ3v) is 3.26. The number of methoxy groups -OCH3 is 1. The van der Waals surface area contributed by atoms with E-state index < -0.39 is 0 Å². The van der Waals surface area contributed by atoms with Gasteiger partial charge in [0.15, 0.2) is 0 Å². The van der Waals surface area contributed by atoms with Crippen LogP contribution in [0.3, 0.4) is 0 Å². The van der Waals surface area contributed by atoms with E-state index in [1.807, 2.05) is 12.3 Å². The normalized spacial score (nSPS) is 10.8. The average molecular weight is 276 g/mol. The standard InChI is InChI=1S/C16H21FN2O/c1-3-8-18-11-14-5-4-9-19(14)12-13-6-7-15(20-2)10-16(13)17/h4-7,9-10,18H,3,8,11-12H2,1-2H3. The van der Waals surface area contributed by atoms with E-state index >= 15 is 0 Å². The number of nitrogens with one attached hydrogen (secondary N) is 1. The minimum Gasteiger partial charge on any atom is -0.497 e. The maximum atomic E-state index is 14.0. The predicted octanol–water partition coefficient (Wildman–Crippen LogP) is 3.18. The molecular formula is C16H21FN2O. The van der Waals surface area contributed by atoms with Crippen molar-refractivity contribution in [2.24, 2.45) is 0 Å². The Morgan fingerprint density at radius 1 is 1.30 bits per heavy atom. The van der Waals surface area contributed by atoms with Gasteiger partial charge in [0.25, 0.3) is 0 Å². The number of benzene rings is 1. The van der Waals surface area contributed by atoms with Crippen molar-refractivity contribution in [1.29, 1.82) is 0 Å². The quantitative estimate of drug-likeness (QED) is 0.786. The summed E-state index contributed by atoms with van der Waals surface area (Å²) in [6.07, 6.45) is 3.08. The number of hydrogen-bond donors (Lipinski definition) is 1. The van der Waals surface area contributed by atoms with Crippen LogP contribution < -0.4 is 10.1 Å². The van der Waals surface area contributed by atoms with Crippen molar-refractivity contribution in [1.82, 2.24) is 9.88 Å². The molecule has 3 nitrogen and oxygen atoms in total. The van der Waals surface area contributed by atoms with E-state index in [-0.39, 0.29) is 5.82 Å². The highest BCUT2D eigenvalue weighted by Gasteiger charge is 2.07. The predicted molar refractivity (Wildman–Crippen MR) is 78.5 cm³/mol. The van der Waals surface area contributed by atoms with Crippen LogP contribution in [0.1, 0.15) is 24.6 Å². The molecule has 2 aromatic rings. The lowest BCUT2D eigenvalue weighted by Crippen LogP contribution is -2.17. The summed E-state index contributed by atoms with van der Waals surface area (Å²) >= 11 is 0. The molecule has 0 amide bonds. The van der Waals surface area contributed by atoms with Crippen molar-refractivity contribution in [3.05, 3.63) is 53.6 Å². The fourth-order valence-electron chi connectivity index (χ4n) is 2.12. The molecule has 0 aliphatic rings. The first-order chi connectivity index (χ1) is 9.74. The smallest absolute Gasteiger partial charge is 0.131 e. The number of halogens is 1. The highest BCUT2D eigenvalue weighted by molar-refractivity contribution is 5.29. The summed E-state index contributed by atoms with van der Waals surface area (Å²) < 4.78 is 21.0. The van der Waals surface area contributed by atoms with Gasteiger partial charge in [-0.1, -0.05) is 13.0 Å². The van der Waals surface area contributed by atoms with E-state index in [1.165, 1.54) is 13.2 Å². The number of nitrogens with zero attached hydrogens (tertiary/aromatic N) is 1. The van der Waals surface area contributed by atoms with Crippen LogP contribution in [-0.2, 0) is 13.1 Å². The number of hydrogen-bond acceptors (Lipinski definition) is 2. The Labute approximate surface area is 119 Å². The lowest BCUT2D eigenvalue weighted by molar-refractivity contribution is 0.410. The minimum atomic E-state index is -0.231. The van der Waals surface area contributed by atoms with E-state index in [1.54, 1.807) is 12.1 Å². The second kappa shape index (κ2) is 7.10. The third-order valence-electron chi connectivity index (χ3n) is 3.26. The molecule has 108 valence electrons. The number of aromatic nitrogens is 1. The Hall–Kier alpha value is -1.81. The van der Waals surface area contributed by atoms with Gasteiger partial charge in [-0.2, -0.15) is 0 Å². The molecule has 0 fully saturated rings. The topological polar surface area (TPSA) is 26.2 Å². The third kappa shape index (κ3) is 3.61. The van der Waals surface area contributed by atoms with Gasteiger partial charge in [0, 0.05) is 30.1 Å². The van der Waals surface area contributed by atoms with Gasteiger partial charge >= 0.3 is 0 Å². The van der Waals surface area contributed by atoms with Crippen LogP contribution >= 0.6 is 0 Å². The van der Waals surface area contributed by atoms with Crippen LogP contribution in [0.4, 0.5) is 4.39 Å². The van der Waals surface area contributed by atoms with Gasteiger partial charge in [0.2, 0.25) is 0 Å². The van der Waals surface area contributed by atoms with Crippen molar-refractivity contribution in [2.45, 2.75) is 26.4 Å². The van der Waals surface area contributed by atoms with Gasteiger partial charge < -0.3 is 14.6 Å². The molecule has 2 rings (SSSR count). The second-order valence-corrected chi connectivity index (χ2v) is 4.76. The van der Waals surface area contributed by atoms with Crippen LogP contribution in [-0.4, -0.2) is 18.2 Å². The summed E-state index contributed by atoms with van der Waals surface area (Å²) in [5.41, 5.74) is 1.83. The summed E-state index contributed by atoms with van der Waals surface area (Å²) in [7, 11) is 1.54. The molecule has 0 unspecified atom stereocenters. The molecule has 1 heterocycles. The largest absolute Gasteiger partial charge is 0.497 e. The molecule has 0 aliphatic carbocycles. The highest BCUT2D eigenvalue weighted by atomic mass is 19.1. The highest BCUT2D eigenvalue weighted by Crippen LogP contribution is 2.18. The number of rotatable bonds is 7. The van der Waals surface area contributed by atoms with Crippen molar-refractivity contribution >= 4 is 0 Å². The molecular weight excluding hydrogens is 255 g/mol. The minimum absolute atomic E-state index is 0.231. The lowest BCUT2D eigenvalue weighted by Gasteiger charge is -2.11. The molecule has 20 heavy (non-hydrogen) atoms. The van der Waals surface area contributed by atoms with Gasteiger partial charge in [-0.25, -0.2) is 4.39 Å². The van der Waals surface area contributed by atoms with Crippen molar-refractivity contribution in [3.63, 3.8) is 0 Å². The number of ether oxygens (including phenoxy) is 1. The van der Waals surface area contributed by atoms with Crippen LogP contribution in [0.15, 0.2) is 36.5 Å². The van der Waals surface area contributed by atoms with Gasteiger partial charge in [0.05, 0.1) is 13.7 Å². The molecule has 0 bridgehead atoms. The Morgan fingerprint density at radius 3 is 2.85 bits per heavy atom. The van der Waals surface area contributed by atoms with Crippen LogP contribution in [0, 0.1) is 5.82 Å². The van der Waals surface area contributed by atoms with E-state index in [0.29, 0.717) is 17.9 Å². The second-order valence-electron chi connectivity index (χ2n) is 4.76. The zero-order chi connectivity index (χ0) is 14.4. The first-order valence-corrected chi connectivity index (χ1v) is 6.91. The van der Waals surface area contributed by atoms with Crippen molar-refractivity contribution in [3.8, 4) is 5.75 Å². The molecule has 0 saturated carbocycles. The van der Waals surface area contributed by atoms with E-state index in [9.17, 15) is 4.39 Å². The lowest BCUT2D eigenvalue weighted by atomic mass is 10.2. The van der Waals surface area contributed by atoms with E-state index in [4.69, 9.17) is 4.74 Å². The summed E-state index contributed by atoms with van der Waals surface area (Å²) in [5.74, 6) is 0.314. The summed E-state index contributed by atoms with van der Waals surface area (Å²) in [5, 5.41) is 3.36. The maximum Gasteiger partial charge on any atom is 0.131 e. The van der Waals surface area contributed by atoms with Crippen LogP contribution in [0.2, 0.25) is 0 Å². The summed E-state index contributed by atoms with van der Waals surface area (Å²) in [4.78, 5) is 0. The Balaban J connectivity index is 2.08. The Bertz CT molecular complexity index is 551. The van der Waals surface area contributed by atoms with Crippen LogP contribution in [0.25, 0.3) is 0 Å². The molecule has 0 radical (unpaired) electrons. The Kier molecular flexibility index (Phi) is 5.18. The zero-order valence-electron chi connectivity index (χ0n) is 12.0. The molecule has 0 aliphatic heterocycles. The summed E-state index contributed by atoms with van der Waals surface area (Å²) in [6.45, 7) is 4.46. The molecule has 0 spiro atoms. The summed E-state index contributed by atoms with van der Waals surface area (Å²) in [6, 6.07) is 9.04. The monoisotopic (exact) mass is 276 g/mol. The fraction of sp³-hybridized carbons (Fsp3) is 0.375. The van der Waals surface area contributed by atoms with Gasteiger partial charge in [-0.15, -0.1) is 0 Å². The Morgan fingerprint density at radius 2 is 2.15 bits per heavy atom. The molecule has 0 atom stereocenters. The van der Waals surface area contributed by atoms with Crippen molar-refractivity contribution in [2.75, 3.05) is 13.7 Å². The fourth-order valence-corrected chi connectivity index (χ4v) is 2.12. The molecule has 4 heteroatoms. The van der Waals surface area contributed by atoms with Gasteiger partial charge in [-0.05, 0) is 31.2 Å². The van der Waals surface area contributed by atoms with Crippen LogP contribution in [0.5, 0.6) is 5.75 Å². The molecule has 0 saturated heterocycles. The first-order valence-electron chi connectivity index (χ1n) is 6.91. The van der Waals surface area contributed by atoms with Gasteiger partial charge in [-0.3, -0.25) is 0 Å².